The van der Waals surface area contributed by atoms with Crippen LogP contribution in [-0.2, 0) is 0 Å². The van der Waals surface area contributed by atoms with Gasteiger partial charge < -0.3 is 20.5 Å². The van der Waals surface area contributed by atoms with Crippen LogP contribution in [0.5, 0.6) is 5.75 Å². The van der Waals surface area contributed by atoms with Crippen LogP contribution in [0.15, 0.2) is 42.7 Å². The Balaban J connectivity index is 2.09. The molecule has 0 aliphatic carbocycles. The van der Waals surface area contributed by atoms with Crippen molar-refractivity contribution in [1.29, 1.82) is 0 Å². The van der Waals surface area contributed by atoms with Gasteiger partial charge in [0.25, 0.3) is 0 Å². The Bertz CT molecular complexity index is 980. The summed E-state index contributed by atoms with van der Waals surface area (Å²) in [5, 5.41) is 17.2. The molecule has 140 valence electrons. The molecule has 1 aromatic heterocycles. The fourth-order valence-corrected chi connectivity index (χ4v) is 3.08. The average Bonchev–Trinajstić information content (AvgIpc) is 2.67. The van der Waals surface area contributed by atoms with Crippen molar-refractivity contribution in [3.8, 4) is 5.75 Å². The standard InChI is InChI=1S/C19H19ClN4O3/c1-21-9-16(11-4-3-5-12(20)6-11)24-18-14-7-13(27-2)8-15(19(25)26)17(14)22-10-23-18/h3-8,10,16,21H,9H2,1-2H3,(H,25,26)(H,22,23,24)/t16-/m1/s1. The monoisotopic (exact) mass is 386 g/mol. The van der Waals surface area contributed by atoms with Crippen LogP contribution in [-0.4, -0.2) is 41.7 Å². The molecule has 0 unspecified atom stereocenters. The lowest BCUT2D eigenvalue weighted by atomic mass is 10.1. The minimum Gasteiger partial charge on any atom is -0.497 e. The number of methoxy groups -OCH3 is 1. The van der Waals surface area contributed by atoms with Gasteiger partial charge in [-0.05, 0) is 36.9 Å². The van der Waals surface area contributed by atoms with E-state index in [0.29, 0.717) is 34.0 Å². The molecule has 27 heavy (non-hydrogen) atoms. The number of fused-ring (bicyclic) bond motifs is 1. The zero-order valence-corrected chi connectivity index (χ0v) is 15.6. The van der Waals surface area contributed by atoms with E-state index >= 15 is 0 Å². The van der Waals surface area contributed by atoms with Gasteiger partial charge in [0.1, 0.15) is 17.9 Å². The molecule has 0 saturated heterocycles. The van der Waals surface area contributed by atoms with E-state index in [9.17, 15) is 9.90 Å². The molecule has 0 aliphatic heterocycles. The van der Waals surface area contributed by atoms with Crippen molar-refractivity contribution in [1.82, 2.24) is 15.3 Å². The minimum absolute atomic E-state index is 0.0581. The molecule has 0 bridgehead atoms. The highest BCUT2D eigenvalue weighted by Crippen LogP contribution is 2.30. The van der Waals surface area contributed by atoms with Gasteiger partial charge in [-0.2, -0.15) is 0 Å². The Morgan fingerprint density at radius 1 is 1.30 bits per heavy atom. The van der Waals surface area contributed by atoms with E-state index in [4.69, 9.17) is 16.3 Å². The number of hydrogen-bond acceptors (Lipinski definition) is 6. The number of rotatable bonds is 7. The molecule has 3 N–H and O–H groups in total. The number of carboxylic acids is 1. The zero-order valence-electron chi connectivity index (χ0n) is 14.9. The molecule has 1 heterocycles. The van der Waals surface area contributed by atoms with Gasteiger partial charge in [-0.15, -0.1) is 0 Å². The number of benzene rings is 2. The Morgan fingerprint density at radius 2 is 2.11 bits per heavy atom. The van der Waals surface area contributed by atoms with Crippen LogP contribution < -0.4 is 15.4 Å². The van der Waals surface area contributed by atoms with Gasteiger partial charge in [0, 0.05) is 17.0 Å². The number of aromatic carboxylic acids is 1. The van der Waals surface area contributed by atoms with Crippen molar-refractivity contribution >= 4 is 34.3 Å². The van der Waals surface area contributed by atoms with E-state index in [2.05, 4.69) is 20.6 Å². The number of nitrogens with one attached hydrogen (secondary N) is 2. The highest BCUT2D eigenvalue weighted by atomic mass is 35.5. The van der Waals surface area contributed by atoms with E-state index in [1.165, 1.54) is 19.5 Å². The number of anilines is 1. The lowest BCUT2D eigenvalue weighted by Gasteiger charge is -2.21. The van der Waals surface area contributed by atoms with Crippen LogP contribution >= 0.6 is 11.6 Å². The lowest BCUT2D eigenvalue weighted by Crippen LogP contribution is -2.24. The van der Waals surface area contributed by atoms with Crippen LogP contribution in [0.2, 0.25) is 5.02 Å². The van der Waals surface area contributed by atoms with E-state index in [-0.39, 0.29) is 11.6 Å². The zero-order chi connectivity index (χ0) is 19.4. The summed E-state index contributed by atoms with van der Waals surface area (Å²) < 4.78 is 5.24. The number of likely N-dealkylation sites (N-methyl/N-ethyl adjacent to an activating group) is 1. The number of nitrogens with zero attached hydrogens (tertiary/aromatic N) is 2. The van der Waals surface area contributed by atoms with Crippen LogP contribution in [0.25, 0.3) is 10.9 Å². The van der Waals surface area contributed by atoms with E-state index in [1.54, 1.807) is 6.07 Å². The predicted molar refractivity (Wildman–Crippen MR) is 105 cm³/mol. The Hall–Kier alpha value is -2.90. The maximum atomic E-state index is 11.6. The fraction of sp³-hybridized carbons (Fsp3) is 0.211. The third kappa shape index (κ3) is 4.10. The van der Waals surface area contributed by atoms with Gasteiger partial charge >= 0.3 is 5.97 Å². The molecule has 2 aromatic carbocycles. The molecule has 0 saturated carbocycles. The van der Waals surface area contributed by atoms with Crippen molar-refractivity contribution in [2.45, 2.75) is 6.04 Å². The van der Waals surface area contributed by atoms with Crippen molar-refractivity contribution in [3.05, 3.63) is 58.9 Å². The number of ether oxygens (including phenoxy) is 1. The Kier molecular flexibility index (Phi) is 5.73. The fourth-order valence-electron chi connectivity index (χ4n) is 2.88. The Labute approximate surface area is 161 Å². The molecule has 7 nitrogen and oxygen atoms in total. The first-order chi connectivity index (χ1) is 13.0. The van der Waals surface area contributed by atoms with Crippen molar-refractivity contribution in [3.63, 3.8) is 0 Å². The van der Waals surface area contributed by atoms with E-state index in [1.807, 2.05) is 31.3 Å². The molecule has 3 aromatic rings. The summed E-state index contributed by atoms with van der Waals surface area (Å²) in [5.41, 5.74) is 1.38. The van der Waals surface area contributed by atoms with Crippen molar-refractivity contribution in [2.24, 2.45) is 0 Å². The predicted octanol–water partition coefficient (Wildman–Crippen LogP) is 3.36. The highest BCUT2D eigenvalue weighted by Gasteiger charge is 2.18. The number of hydrogen-bond donors (Lipinski definition) is 3. The Morgan fingerprint density at radius 3 is 2.78 bits per heavy atom. The van der Waals surface area contributed by atoms with Crippen molar-refractivity contribution in [2.75, 3.05) is 26.0 Å². The van der Waals surface area contributed by atoms with E-state index < -0.39 is 5.97 Å². The molecule has 0 fully saturated rings. The van der Waals surface area contributed by atoms with Gasteiger partial charge in [-0.1, -0.05) is 23.7 Å². The van der Waals surface area contributed by atoms with Crippen LogP contribution in [0.4, 0.5) is 5.82 Å². The first kappa shape index (κ1) is 18.9. The molecular weight excluding hydrogens is 368 g/mol. The van der Waals surface area contributed by atoms with Crippen molar-refractivity contribution < 1.29 is 14.6 Å². The number of halogens is 1. The average molecular weight is 387 g/mol. The normalized spacial score (nSPS) is 12.0. The largest absolute Gasteiger partial charge is 0.497 e. The maximum Gasteiger partial charge on any atom is 0.338 e. The molecule has 0 spiro atoms. The van der Waals surface area contributed by atoms with Gasteiger partial charge in [0.05, 0.1) is 24.2 Å². The van der Waals surface area contributed by atoms with Gasteiger partial charge in [0.2, 0.25) is 0 Å². The second kappa shape index (κ2) is 8.20. The maximum absolute atomic E-state index is 11.6. The summed E-state index contributed by atoms with van der Waals surface area (Å²) in [6, 6.07) is 10.6. The third-order valence-corrected chi connectivity index (χ3v) is 4.38. The first-order valence-electron chi connectivity index (χ1n) is 8.26. The second-order valence-corrected chi connectivity index (χ2v) is 6.34. The highest BCUT2D eigenvalue weighted by molar-refractivity contribution is 6.30. The number of carbonyl (C=O) groups is 1. The molecule has 3 rings (SSSR count). The SMILES string of the molecule is CNC[C@@H](Nc1ncnc2c(C(=O)O)cc(OC)cc12)c1cccc(Cl)c1. The lowest BCUT2D eigenvalue weighted by molar-refractivity contribution is 0.0698. The van der Waals surface area contributed by atoms with Crippen LogP contribution in [0.1, 0.15) is 22.0 Å². The summed E-state index contributed by atoms with van der Waals surface area (Å²) in [5.74, 6) is -0.141. The molecule has 0 amide bonds. The summed E-state index contributed by atoms with van der Waals surface area (Å²) in [6.07, 6.45) is 1.35. The smallest absolute Gasteiger partial charge is 0.338 e. The second-order valence-electron chi connectivity index (χ2n) is 5.91. The number of carboxylic acid groups (broad SMARTS) is 1. The van der Waals surface area contributed by atoms with Crippen LogP contribution in [0, 0.1) is 0 Å². The topological polar surface area (TPSA) is 96.4 Å². The summed E-state index contributed by atoms with van der Waals surface area (Å²) in [6.45, 7) is 0.613. The molecule has 8 heteroatoms. The van der Waals surface area contributed by atoms with Gasteiger partial charge in [-0.25, -0.2) is 14.8 Å². The summed E-state index contributed by atoms with van der Waals surface area (Å²) >= 11 is 6.13. The minimum atomic E-state index is -1.08. The quantitative estimate of drug-likeness (QED) is 0.572. The van der Waals surface area contributed by atoms with Gasteiger partial charge in [0.15, 0.2) is 0 Å². The molecule has 1 atom stereocenters. The number of aromatic nitrogens is 2. The first-order valence-corrected chi connectivity index (χ1v) is 8.64. The van der Waals surface area contributed by atoms with Crippen LogP contribution in [0.3, 0.4) is 0 Å². The third-order valence-electron chi connectivity index (χ3n) is 4.15. The van der Waals surface area contributed by atoms with E-state index in [0.717, 1.165) is 5.56 Å². The van der Waals surface area contributed by atoms with Gasteiger partial charge in [-0.3, -0.25) is 0 Å². The molecular formula is C19H19ClN4O3. The molecule has 0 radical (unpaired) electrons. The molecule has 0 aliphatic rings. The summed E-state index contributed by atoms with van der Waals surface area (Å²) in [7, 11) is 3.34. The summed E-state index contributed by atoms with van der Waals surface area (Å²) in [4.78, 5) is 20.1.